The van der Waals surface area contributed by atoms with Crippen molar-refractivity contribution in [3.8, 4) is 5.75 Å². The van der Waals surface area contributed by atoms with Crippen LogP contribution in [-0.2, 0) is 6.42 Å². The average molecular weight is 256 g/mol. The third-order valence-corrected chi connectivity index (χ3v) is 2.50. The molecule has 1 atom stereocenters. The number of benzene rings is 1. The quantitative estimate of drug-likeness (QED) is 0.798. The number of halogens is 3. The summed E-state index contributed by atoms with van der Waals surface area (Å²) in [5.74, 6) is 0.164. The van der Waals surface area contributed by atoms with Crippen molar-refractivity contribution < 1.29 is 10.2 Å². The van der Waals surface area contributed by atoms with Crippen molar-refractivity contribution in [2.24, 2.45) is 0 Å². The minimum absolute atomic E-state index is 0.164. The van der Waals surface area contributed by atoms with E-state index in [1.54, 1.807) is 12.1 Å². The molecule has 0 saturated carbocycles. The summed E-state index contributed by atoms with van der Waals surface area (Å²) in [6, 6.07) is 6.35. The minimum atomic E-state index is -1.68. The zero-order valence-corrected chi connectivity index (χ0v) is 9.39. The highest BCUT2D eigenvalue weighted by Gasteiger charge is 2.30. The van der Waals surface area contributed by atoms with Gasteiger partial charge in [0.1, 0.15) is 11.9 Å². The number of hydrogen-bond donors (Lipinski definition) is 2. The fourth-order valence-corrected chi connectivity index (χ4v) is 1.20. The molecule has 0 aliphatic rings. The van der Waals surface area contributed by atoms with Crippen molar-refractivity contribution in [2.45, 2.75) is 16.3 Å². The van der Waals surface area contributed by atoms with E-state index in [-0.39, 0.29) is 12.2 Å². The molecule has 0 spiro atoms. The van der Waals surface area contributed by atoms with Gasteiger partial charge in [-0.25, -0.2) is 0 Å². The van der Waals surface area contributed by atoms with Crippen LogP contribution in [0.25, 0.3) is 0 Å². The van der Waals surface area contributed by atoms with Crippen molar-refractivity contribution in [1.82, 2.24) is 0 Å². The number of aromatic hydroxyl groups is 1. The number of phenols is 1. The third-order valence-electron chi connectivity index (χ3n) is 1.74. The van der Waals surface area contributed by atoms with Gasteiger partial charge in [0, 0.05) is 6.42 Å². The third kappa shape index (κ3) is 3.54. The Morgan fingerprint density at radius 2 is 1.64 bits per heavy atom. The number of hydrogen-bond acceptors (Lipinski definition) is 2. The number of aliphatic hydroxyl groups is 1. The Bertz CT molecular complexity index is 292. The van der Waals surface area contributed by atoms with Crippen LogP contribution in [0.5, 0.6) is 5.75 Å². The van der Waals surface area contributed by atoms with Crippen LogP contribution in [0.3, 0.4) is 0 Å². The lowest BCUT2D eigenvalue weighted by Gasteiger charge is -2.18. The molecule has 1 aromatic carbocycles. The second-order valence-electron chi connectivity index (χ2n) is 2.93. The van der Waals surface area contributed by atoms with Gasteiger partial charge in [0.05, 0.1) is 0 Å². The number of phenolic OH excluding ortho intramolecular Hbond substituents is 1. The van der Waals surface area contributed by atoms with Crippen molar-refractivity contribution >= 4 is 34.8 Å². The van der Waals surface area contributed by atoms with Gasteiger partial charge >= 0.3 is 0 Å². The van der Waals surface area contributed by atoms with E-state index in [2.05, 4.69) is 0 Å². The zero-order chi connectivity index (χ0) is 10.8. The van der Waals surface area contributed by atoms with Crippen molar-refractivity contribution in [3.05, 3.63) is 29.8 Å². The van der Waals surface area contributed by atoms with Gasteiger partial charge in [-0.05, 0) is 17.7 Å². The highest BCUT2D eigenvalue weighted by atomic mass is 35.6. The highest BCUT2D eigenvalue weighted by Crippen LogP contribution is 2.32. The average Bonchev–Trinajstić information content (AvgIpc) is 2.07. The maximum absolute atomic E-state index is 9.45. The molecule has 1 aromatic rings. The molecule has 0 saturated heterocycles. The first-order chi connectivity index (χ1) is 6.39. The molecule has 1 unspecified atom stereocenters. The lowest BCUT2D eigenvalue weighted by atomic mass is 10.1. The fourth-order valence-electron chi connectivity index (χ4n) is 0.971. The van der Waals surface area contributed by atoms with E-state index in [4.69, 9.17) is 39.9 Å². The largest absolute Gasteiger partial charge is 0.508 e. The van der Waals surface area contributed by atoms with Gasteiger partial charge < -0.3 is 10.2 Å². The molecule has 1 rings (SSSR count). The second kappa shape index (κ2) is 4.58. The van der Waals surface area contributed by atoms with Gasteiger partial charge in [-0.1, -0.05) is 46.9 Å². The van der Waals surface area contributed by atoms with Crippen molar-refractivity contribution in [2.75, 3.05) is 0 Å². The molecular weight excluding hydrogens is 246 g/mol. The van der Waals surface area contributed by atoms with E-state index in [1.165, 1.54) is 12.1 Å². The van der Waals surface area contributed by atoms with Crippen molar-refractivity contribution in [3.63, 3.8) is 0 Å². The molecule has 0 aliphatic carbocycles. The van der Waals surface area contributed by atoms with Crippen LogP contribution in [0.15, 0.2) is 24.3 Å². The van der Waals surface area contributed by atoms with Gasteiger partial charge in [0.15, 0.2) is 0 Å². The lowest BCUT2D eigenvalue weighted by Crippen LogP contribution is -2.27. The summed E-state index contributed by atoms with van der Waals surface area (Å²) >= 11 is 16.5. The van der Waals surface area contributed by atoms with Gasteiger partial charge in [-0.2, -0.15) is 0 Å². The lowest BCUT2D eigenvalue weighted by molar-refractivity contribution is 0.179. The van der Waals surface area contributed by atoms with Crippen LogP contribution in [0.4, 0.5) is 0 Å². The molecule has 78 valence electrons. The molecule has 0 radical (unpaired) electrons. The SMILES string of the molecule is Oc1ccc(CC(O)C(Cl)(Cl)Cl)cc1. The maximum atomic E-state index is 9.45. The minimum Gasteiger partial charge on any atom is -0.508 e. The maximum Gasteiger partial charge on any atom is 0.216 e. The Morgan fingerprint density at radius 3 is 2.07 bits per heavy atom. The van der Waals surface area contributed by atoms with Gasteiger partial charge in [0.25, 0.3) is 0 Å². The fraction of sp³-hybridized carbons (Fsp3) is 0.333. The van der Waals surface area contributed by atoms with E-state index >= 15 is 0 Å². The first-order valence-corrected chi connectivity index (χ1v) is 5.05. The molecule has 0 bridgehead atoms. The van der Waals surface area contributed by atoms with E-state index in [1.807, 2.05) is 0 Å². The van der Waals surface area contributed by atoms with Crippen LogP contribution in [-0.4, -0.2) is 20.1 Å². The van der Waals surface area contributed by atoms with E-state index in [0.717, 1.165) is 5.56 Å². The molecule has 0 aliphatic heterocycles. The molecule has 0 aromatic heterocycles. The molecule has 0 fully saturated rings. The number of alkyl halides is 3. The molecule has 2 nitrogen and oxygen atoms in total. The Kier molecular flexibility index (Phi) is 3.90. The van der Waals surface area contributed by atoms with Crippen LogP contribution >= 0.6 is 34.8 Å². The van der Waals surface area contributed by atoms with E-state index in [9.17, 15) is 5.11 Å². The van der Waals surface area contributed by atoms with Gasteiger partial charge in [-0.15, -0.1) is 0 Å². The van der Waals surface area contributed by atoms with Crippen LogP contribution in [0, 0.1) is 0 Å². The summed E-state index contributed by atoms with van der Waals surface area (Å²) in [5, 5.41) is 18.5. The van der Waals surface area contributed by atoms with Crippen LogP contribution in [0.2, 0.25) is 0 Å². The summed E-state index contributed by atoms with van der Waals surface area (Å²) in [4.78, 5) is 0. The van der Waals surface area contributed by atoms with Crippen LogP contribution in [0.1, 0.15) is 5.56 Å². The van der Waals surface area contributed by atoms with Gasteiger partial charge in [-0.3, -0.25) is 0 Å². The first-order valence-electron chi connectivity index (χ1n) is 3.92. The highest BCUT2D eigenvalue weighted by molar-refractivity contribution is 6.68. The Morgan fingerprint density at radius 1 is 1.14 bits per heavy atom. The first kappa shape index (κ1) is 11.9. The normalized spacial score (nSPS) is 14.0. The molecule has 2 N–H and O–H groups in total. The Balaban J connectivity index is 2.65. The molecular formula is C9H9Cl3O2. The predicted molar refractivity (Wildman–Crippen MR) is 58.1 cm³/mol. The Labute approximate surface area is 97.0 Å². The summed E-state index contributed by atoms with van der Waals surface area (Å²) in [6.07, 6.45) is -0.825. The summed E-state index contributed by atoms with van der Waals surface area (Å²) < 4.78 is -1.68. The molecule has 0 heterocycles. The standard InChI is InChI=1S/C9H9Cl3O2/c10-9(11,12)8(14)5-6-1-3-7(13)4-2-6/h1-4,8,13-14H,5H2. The number of rotatable bonds is 2. The summed E-state index contributed by atoms with van der Waals surface area (Å²) in [5.41, 5.74) is 0.793. The van der Waals surface area contributed by atoms with E-state index < -0.39 is 9.90 Å². The smallest absolute Gasteiger partial charge is 0.216 e. The summed E-state index contributed by atoms with van der Waals surface area (Å²) in [6.45, 7) is 0. The molecule has 14 heavy (non-hydrogen) atoms. The zero-order valence-electron chi connectivity index (χ0n) is 7.12. The Hall–Kier alpha value is -0.150. The van der Waals surface area contributed by atoms with Crippen LogP contribution < -0.4 is 0 Å². The van der Waals surface area contributed by atoms with E-state index in [0.29, 0.717) is 0 Å². The number of aliphatic hydroxyl groups excluding tert-OH is 1. The topological polar surface area (TPSA) is 40.5 Å². The molecule has 0 amide bonds. The molecule has 5 heteroatoms. The monoisotopic (exact) mass is 254 g/mol. The van der Waals surface area contributed by atoms with Crippen molar-refractivity contribution in [1.29, 1.82) is 0 Å². The predicted octanol–water partition coefficient (Wildman–Crippen LogP) is 2.67. The summed E-state index contributed by atoms with van der Waals surface area (Å²) in [7, 11) is 0. The van der Waals surface area contributed by atoms with Gasteiger partial charge in [0.2, 0.25) is 3.79 Å². The second-order valence-corrected chi connectivity index (χ2v) is 5.30.